The van der Waals surface area contributed by atoms with Gasteiger partial charge in [-0.2, -0.15) is 0 Å². The summed E-state index contributed by atoms with van der Waals surface area (Å²) in [5.41, 5.74) is 1.58. The van der Waals surface area contributed by atoms with E-state index in [0.29, 0.717) is 16.5 Å². The lowest BCUT2D eigenvalue weighted by Crippen LogP contribution is -2.50. The quantitative estimate of drug-likeness (QED) is 0.592. The van der Waals surface area contributed by atoms with Crippen LogP contribution in [0.15, 0.2) is 42.5 Å². The van der Waals surface area contributed by atoms with Gasteiger partial charge in [0.25, 0.3) is 0 Å². The van der Waals surface area contributed by atoms with Crippen molar-refractivity contribution in [2.24, 2.45) is 0 Å². The second-order valence-electron chi connectivity index (χ2n) is 7.37. The Kier molecular flexibility index (Phi) is 9.00. The average Bonchev–Trinajstić information content (AvgIpc) is 2.69. The minimum Gasteiger partial charge on any atom is -0.497 e. The van der Waals surface area contributed by atoms with Crippen molar-refractivity contribution in [3.63, 3.8) is 0 Å². The molecule has 30 heavy (non-hydrogen) atoms. The molecule has 0 unspecified atom stereocenters. The highest BCUT2D eigenvalue weighted by atomic mass is 35.5. The number of rotatable bonds is 9. The molecule has 0 aliphatic heterocycles. The Balaban J connectivity index is 2.32. The monoisotopic (exact) mass is 450 g/mol. The van der Waals surface area contributed by atoms with Gasteiger partial charge in [0.15, 0.2) is 0 Å². The summed E-state index contributed by atoms with van der Waals surface area (Å²) in [5, 5.41) is 3.89. The average molecular weight is 451 g/mol. The van der Waals surface area contributed by atoms with Crippen LogP contribution in [0.2, 0.25) is 10.0 Å². The first kappa shape index (κ1) is 24.0. The number of methoxy groups -OCH3 is 1. The third-order valence-corrected chi connectivity index (χ3v) is 5.27. The second-order valence-corrected chi connectivity index (χ2v) is 8.21. The summed E-state index contributed by atoms with van der Waals surface area (Å²) in [6.07, 6.45) is 0.652. The maximum absolute atomic E-state index is 13.3. The van der Waals surface area contributed by atoms with Crippen LogP contribution < -0.4 is 10.1 Å². The Morgan fingerprint density at radius 2 is 1.77 bits per heavy atom. The largest absolute Gasteiger partial charge is 0.497 e. The van der Waals surface area contributed by atoms with Gasteiger partial charge in [-0.25, -0.2) is 0 Å². The fourth-order valence-corrected chi connectivity index (χ4v) is 3.62. The maximum atomic E-state index is 13.3. The van der Waals surface area contributed by atoms with E-state index in [1.165, 1.54) is 0 Å². The summed E-state index contributed by atoms with van der Waals surface area (Å²) < 4.78 is 5.17. The molecule has 2 aromatic carbocycles. The zero-order chi connectivity index (χ0) is 22.3. The number of carbonyl (C=O) groups excluding carboxylic acids is 2. The molecule has 0 bridgehead atoms. The molecule has 2 rings (SSSR count). The minimum atomic E-state index is -0.607. The summed E-state index contributed by atoms with van der Waals surface area (Å²) in [6, 6.07) is 11.8. The normalized spacial score (nSPS) is 11.8. The molecule has 0 aromatic heterocycles. The van der Waals surface area contributed by atoms with Crippen molar-refractivity contribution in [3.05, 3.63) is 63.6 Å². The number of hydrogen-bond donors (Lipinski definition) is 1. The zero-order valence-corrected chi connectivity index (χ0v) is 19.3. The molecule has 0 saturated carbocycles. The first-order valence-electron chi connectivity index (χ1n) is 9.91. The highest BCUT2D eigenvalue weighted by Gasteiger charge is 2.29. The minimum absolute atomic E-state index is 0.0239. The van der Waals surface area contributed by atoms with Crippen LogP contribution in [0.25, 0.3) is 0 Å². The highest BCUT2D eigenvalue weighted by molar-refractivity contribution is 6.35. The van der Waals surface area contributed by atoms with Gasteiger partial charge in [-0.15, -0.1) is 0 Å². The van der Waals surface area contributed by atoms with E-state index < -0.39 is 6.04 Å². The van der Waals surface area contributed by atoms with Gasteiger partial charge < -0.3 is 15.0 Å². The second kappa shape index (κ2) is 11.2. The van der Waals surface area contributed by atoms with Crippen molar-refractivity contribution in [2.75, 3.05) is 7.11 Å². The van der Waals surface area contributed by atoms with Crippen LogP contribution >= 0.6 is 23.2 Å². The van der Waals surface area contributed by atoms with Gasteiger partial charge in [-0.05, 0) is 55.7 Å². The number of amides is 2. The molecule has 5 nitrogen and oxygen atoms in total. The molecule has 0 aliphatic carbocycles. The van der Waals surface area contributed by atoms with Gasteiger partial charge in [0.1, 0.15) is 11.8 Å². The van der Waals surface area contributed by atoms with Crippen molar-refractivity contribution in [3.8, 4) is 5.75 Å². The number of carbonyl (C=O) groups is 2. The van der Waals surface area contributed by atoms with E-state index in [0.717, 1.165) is 16.9 Å². The number of halogens is 2. The van der Waals surface area contributed by atoms with E-state index in [9.17, 15) is 9.59 Å². The third kappa shape index (κ3) is 6.64. The molecular weight excluding hydrogens is 423 g/mol. The third-order valence-electron chi connectivity index (χ3n) is 4.69. The molecule has 0 heterocycles. The van der Waals surface area contributed by atoms with Crippen LogP contribution in [0.3, 0.4) is 0 Å². The fourth-order valence-electron chi connectivity index (χ4n) is 3.15. The molecular formula is C23H28Cl2N2O3. The maximum Gasteiger partial charge on any atom is 0.243 e. The van der Waals surface area contributed by atoms with Crippen molar-refractivity contribution in [2.45, 2.75) is 52.2 Å². The molecule has 0 saturated heterocycles. The molecule has 1 N–H and O–H groups in total. The summed E-state index contributed by atoms with van der Waals surface area (Å²) in [4.78, 5) is 27.7. The van der Waals surface area contributed by atoms with Crippen LogP contribution in [0.5, 0.6) is 5.75 Å². The summed E-state index contributed by atoms with van der Waals surface area (Å²) in [6.45, 7) is 5.89. The van der Waals surface area contributed by atoms with Crippen LogP contribution in [-0.2, 0) is 22.6 Å². The van der Waals surface area contributed by atoms with Crippen molar-refractivity contribution < 1.29 is 14.3 Å². The molecule has 0 aliphatic rings. The molecule has 0 spiro atoms. The molecule has 2 aromatic rings. The van der Waals surface area contributed by atoms with E-state index in [1.807, 2.05) is 45.0 Å². The van der Waals surface area contributed by atoms with E-state index in [2.05, 4.69) is 5.32 Å². The van der Waals surface area contributed by atoms with Crippen LogP contribution in [0.4, 0.5) is 0 Å². The molecule has 0 fully saturated rings. The SMILES string of the molecule is CC[C@@H](C(=O)NC(C)C)N(Cc1ccc(Cl)cc1Cl)C(=O)Cc1ccc(OC)cc1. The summed E-state index contributed by atoms with van der Waals surface area (Å²) >= 11 is 12.4. The summed E-state index contributed by atoms with van der Waals surface area (Å²) in [5.74, 6) is 0.386. The van der Waals surface area contributed by atoms with Gasteiger partial charge in [0, 0.05) is 22.6 Å². The number of benzene rings is 2. The number of nitrogens with one attached hydrogen (secondary N) is 1. The molecule has 0 radical (unpaired) electrons. The fraction of sp³-hybridized carbons (Fsp3) is 0.391. The molecule has 7 heteroatoms. The van der Waals surface area contributed by atoms with Gasteiger partial charge in [0.05, 0.1) is 13.5 Å². The Morgan fingerprint density at radius 3 is 2.30 bits per heavy atom. The molecule has 2 amide bonds. The topological polar surface area (TPSA) is 58.6 Å². The lowest BCUT2D eigenvalue weighted by atomic mass is 10.1. The van der Waals surface area contributed by atoms with Gasteiger partial charge in [-0.3, -0.25) is 9.59 Å². The number of ether oxygens (including phenoxy) is 1. The smallest absolute Gasteiger partial charge is 0.243 e. The first-order valence-corrected chi connectivity index (χ1v) is 10.7. The van der Waals surface area contributed by atoms with E-state index in [-0.39, 0.29) is 30.8 Å². The lowest BCUT2D eigenvalue weighted by Gasteiger charge is -2.31. The number of hydrogen-bond acceptors (Lipinski definition) is 3. The van der Waals surface area contributed by atoms with Gasteiger partial charge in [0.2, 0.25) is 11.8 Å². The van der Waals surface area contributed by atoms with Crippen molar-refractivity contribution in [1.82, 2.24) is 10.2 Å². The first-order chi connectivity index (χ1) is 14.2. The van der Waals surface area contributed by atoms with Crippen molar-refractivity contribution >= 4 is 35.0 Å². The Bertz CT molecular complexity index is 869. The summed E-state index contributed by atoms with van der Waals surface area (Å²) in [7, 11) is 1.59. The Morgan fingerprint density at radius 1 is 1.10 bits per heavy atom. The van der Waals surface area contributed by atoms with Gasteiger partial charge >= 0.3 is 0 Å². The standard InChI is InChI=1S/C23H28Cl2N2O3/c1-5-21(23(29)26-15(2)3)27(14-17-8-9-18(24)13-20(17)25)22(28)12-16-6-10-19(30-4)11-7-16/h6-11,13,15,21H,5,12,14H2,1-4H3,(H,26,29)/t21-/m0/s1. The predicted octanol–water partition coefficient (Wildman–Crippen LogP) is 4.88. The highest BCUT2D eigenvalue weighted by Crippen LogP contribution is 2.24. The van der Waals surface area contributed by atoms with Gasteiger partial charge in [-0.1, -0.05) is 48.3 Å². The molecule has 1 atom stereocenters. The van der Waals surface area contributed by atoms with E-state index in [4.69, 9.17) is 27.9 Å². The van der Waals surface area contributed by atoms with Crippen molar-refractivity contribution in [1.29, 1.82) is 0 Å². The molecule has 162 valence electrons. The van der Waals surface area contributed by atoms with Crippen LogP contribution in [0, 0.1) is 0 Å². The van der Waals surface area contributed by atoms with Crippen LogP contribution in [0.1, 0.15) is 38.3 Å². The predicted molar refractivity (Wildman–Crippen MR) is 121 cm³/mol. The Hall–Kier alpha value is -2.24. The lowest BCUT2D eigenvalue weighted by molar-refractivity contribution is -0.141. The number of nitrogens with zero attached hydrogens (tertiary/aromatic N) is 1. The van der Waals surface area contributed by atoms with E-state index in [1.54, 1.807) is 30.2 Å². The van der Waals surface area contributed by atoms with E-state index >= 15 is 0 Å². The zero-order valence-electron chi connectivity index (χ0n) is 17.7. The van der Waals surface area contributed by atoms with Crippen LogP contribution in [-0.4, -0.2) is 35.9 Å². The Labute approximate surface area is 188 Å².